The minimum Gasteiger partial charge on any atom is -0.501 e. The maximum absolute atomic E-state index is 11.0. The predicted octanol–water partition coefficient (Wildman–Crippen LogP) is 2.37. The zero-order chi connectivity index (χ0) is 15.6. The quantitative estimate of drug-likeness (QED) is 0.587. The van der Waals surface area contributed by atoms with Gasteiger partial charge in [0.15, 0.2) is 6.29 Å². The summed E-state index contributed by atoms with van der Waals surface area (Å²) in [5, 5.41) is 27.4. The van der Waals surface area contributed by atoms with Crippen LogP contribution in [-0.2, 0) is 0 Å². The number of aromatic hydroxyl groups is 1. The monoisotopic (exact) mass is 288 g/mol. The van der Waals surface area contributed by atoms with E-state index in [2.05, 4.69) is 0 Å². The molecule has 0 aliphatic carbocycles. The number of carboxylic acids is 1. The Kier molecular flexibility index (Phi) is 3.66. The summed E-state index contributed by atoms with van der Waals surface area (Å²) < 4.78 is 0. The third kappa shape index (κ3) is 2.71. The largest absolute Gasteiger partial charge is 0.501 e. The van der Waals surface area contributed by atoms with Crippen molar-refractivity contribution >= 4 is 17.9 Å². The van der Waals surface area contributed by atoms with Crippen LogP contribution in [0.15, 0.2) is 36.4 Å². The first-order valence-corrected chi connectivity index (χ1v) is 5.76. The van der Waals surface area contributed by atoms with Gasteiger partial charge in [-0.15, -0.1) is 0 Å². The Morgan fingerprint density at radius 3 is 2.19 bits per heavy atom. The fourth-order valence-electron chi connectivity index (χ4n) is 1.85. The highest BCUT2D eigenvalue weighted by atomic mass is 16.6. The van der Waals surface area contributed by atoms with Crippen molar-refractivity contribution in [2.24, 2.45) is 0 Å². The maximum atomic E-state index is 11.0. The van der Waals surface area contributed by atoms with Crippen molar-refractivity contribution in [2.45, 2.75) is 0 Å². The number of hydrogen-bond acceptors (Lipinski definition) is 4. The van der Waals surface area contributed by atoms with Crippen molar-refractivity contribution < 1.29 is 29.9 Å². The maximum Gasteiger partial charge on any atom is 0.359 e. The predicted molar refractivity (Wildman–Crippen MR) is 71.0 cm³/mol. The number of benzene rings is 2. The van der Waals surface area contributed by atoms with Gasteiger partial charge in [-0.2, -0.15) is 0 Å². The van der Waals surface area contributed by atoms with Gasteiger partial charge in [-0.3, -0.25) is 4.79 Å². The van der Waals surface area contributed by atoms with Crippen LogP contribution in [0.3, 0.4) is 0 Å². The average Bonchev–Trinajstić information content (AvgIpc) is 2.47. The molecule has 0 amide bonds. The summed E-state index contributed by atoms with van der Waals surface area (Å²) in [5.74, 6) is -1.71. The van der Waals surface area contributed by atoms with Crippen LogP contribution in [0.25, 0.3) is 11.1 Å². The first kappa shape index (κ1) is 14.2. The van der Waals surface area contributed by atoms with Crippen LogP contribution in [0.2, 0.25) is 0 Å². The molecule has 21 heavy (non-hydrogen) atoms. The van der Waals surface area contributed by atoms with Gasteiger partial charge in [-0.1, -0.05) is 12.1 Å². The molecule has 106 valence electrons. The highest BCUT2D eigenvalue weighted by molar-refractivity contribution is 5.89. The number of phenols is 1. The third-order valence-electron chi connectivity index (χ3n) is 2.92. The number of aromatic carboxylic acids is 1. The molecule has 0 unspecified atom stereocenters. The summed E-state index contributed by atoms with van der Waals surface area (Å²) in [4.78, 5) is 32.1. The Bertz CT molecular complexity index is 736. The van der Waals surface area contributed by atoms with Crippen LogP contribution in [0.1, 0.15) is 20.7 Å². The smallest absolute Gasteiger partial charge is 0.359 e. The molecule has 0 spiro atoms. The van der Waals surface area contributed by atoms with Gasteiger partial charge in [-0.25, -0.2) is 10.0 Å². The number of carbonyl (C=O) groups excluding carboxylic acids is 1. The van der Waals surface area contributed by atoms with Gasteiger partial charge in [0.05, 0.1) is 16.0 Å². The van der Waals surface area contributed by atoms with Crippen LogP contribution in [0.5, 0.6) is 5.75 Å². The summed E-state index contributed by atoms with van der Waals surface area (Å²) in [7, 11) is 0. The molecule has 0 aromatic heterocycles. The van der Waals surface area contributed by atoms with E-state index in [1.807, 2.05) is 0 Å². The molecule has 0 fully saturated rings. The lowest BCUT2D eigenvalue weighted by Gasteiger charge is -2.04. The molecule has 0 aliphatic heterocycles. The van der Waals surface area contributed by atoms with Gasteiger partial charge in [0.1, 0.15) is 0 Å². The van der Waals surface area contributed by atoms with E-state index in [9.17, 15) is 19.6 Å². The molecular weight excluding hydrogens is 278 g/mol. The molecule has 0 saturated carbocycles. The molecule has 0 saturated heterocycles. The standard InChI is InChI=1S/C14H9NO6/c16-7-11-5-10(6-12(13(11)17)15(20)21)8-1-3-9(4-2-8)14(18)19/h1-7H,(H2-,16,17,18,19,20,21)/p+1. The number of hydrogen-bond donors (Lipinski definition) is 3. The molecule has 3 N–H and O–H groups in total. The van der Waals surface area contributed by atoms with Gasteiger partial charge in [0, 0.05) is 6.07 Å². The third-order valence-corrected chi connectivity index (χ3v) is 2.92. The van der Waals surface area contributed by atoms with E-state index in [0.717, 1.165) is 0 Å². The van der Waals surface area contributed by atoms with Gasteiger partial charge in [0.2, 0.25) is 5.75 Å². The van der Waals surface area contributed by atoms with Gasteiger partial charge < -0.3 is 10.2 Å². The van der Waals surface area contributed by atoms with Crippen molar-refractivity contribution in [3.05, 3.63) is 52.4 Å². The zero-order valence-electron chi connectivity index (χ0n) is 10.6. The fourth-order valence-corrected chi connectivity index (χ4v) is 1.85. The highest BCUT2D eigenvalue weighted by Crippen LogP contribution is 2.34. The number of carboxylic acid groups (broad SMARTS) is 1. The molecule has 0 bridgehead atoms. The zero-order valence-corrected chi connectivity index (χ0v) is 10.6. The normalized spacial score (nSPS) is 10.1. The Morgan fingerprint density at radius 1 is 1.10 bits per heavy atom. The second kappa shape index (κ2) is 5.41. The molecule has 0 aliphatic rings. The molecule has 0 radical (unpaired) electrons. The van der Waals surface area contributed by atoms with Crippen molar-refractivity contribution in [2.75, 3.05) is 0 Å². The van der Waals surface area contributed by atoms with Crippen molar-refractivity contribution in [1.29, 1.82) is 0 Å². The fraction of sp³-hybridized carbons (Fsp3) is 0. The summed E-state index contributed by atoms with van der Waals surface area (Å²) in [5.41, 5.74) is 0.334. The average molecular weight is 288 g/mol. The second-order valence-corrected chi connectivity index (χ2v) is 4.21. The first-order valence-electron chi connectivity index (χ1n) is 5.76. The van der Waals surface area contributed by atoms with Crippen LogP contribution >= 0.6 is 0 Å². The molecule has 0 atom stereocenters. The molecule has 0 heterocycles. The summed E-state index contributed by atoms with van der Waals surface area (Å²) in [6, 6.07) is 8.20. The Hall–Kier alpha value is -3.22. The van der Waals surface area contributed by atoms with Crippen LogP contribution in [-0.4, -0.2) is 32.6 Å². The molecule has 2 aromatic carbocycles. The van der Waals surface area contributed by atoms with Crippen molar-refractivity contribution in [3.8, 4) is 16.9 Å². The van der Waals surface area contributed by atoms with E-state index in [1.54, 1.807) is 0 Å². The Balaban J connectivity index is 2.58. The van der Waals surface area contributed by atoms with Crippen molar-refractivity contribution in [1.82, 2.24) is 0 Å². The molecule has 2 rings (SSSR count). The minimum atomic E-state index is -1.08. The first-order chi connectivity index (χ1) is 9.93. The molecule has 7 nitrogen and oxygen atoms in total. The van der Waals surface area contributed by atoms with E-state index in [1.165, 1.54) is 36.4 Å². The number of aldehydes is 1. The lowest BCUT2D eigenvalue weighted by atomic mass is 10.0. The highest BCUT2D eigenvalue weighted by Gasteiger charge is 2.23. The van der Waals surface area contributed by atoms with E-state index >= 15 is 0 Å². The second-order valence-electron chi connectivity index (χ2n) is 4.21. The number of nitrogens with zero attached hydrogens (tertiary/aromatic N) is 1. The van der Waals surface area contributed by atoms with Crippen LogP contribution < -0.4 is 0 Å². The molecular formula is C14H10NO6+. The summed E-state index contributed by atoms with van der Waals surface area (Å²) in [6.07, 6.45) is 0.345. The minimum absolute atomic E-state index is 0.0842. The summed E-state index contributed by atoms with van der Waals surface area (Å²) in [6.45, 7) is 0. The lowest BCUT2D eigenvalue weighted by molar-refractivity contribution is -0.730. The lowest BCUT2D eigenvalue weighted by Crippen LogP contribution is -1.97. The van der Waals surface area contributed by atoms with Gasteiger partial charge in [0.25, 0.3) is 4.92 Å². The van der Waals surface area contributed by atoms with Crippen LogP contribution in [0, 0.1) is 4.91 Å². The van der Waals surface area contributed by atoms with E-state index < -0.39 is 22.3 Å². The van der Waals surface area contributed by atoms with Gasteiger partial charge >= 0.3 is 11.7 Å². The number of rotatable bonds is 4. The SMILES string of the molecule is O=Cc1cc(-c2ccc(C(=O)O)cc2)cc([N+](=O)O)c1O. The van der Waals surface area contributed by atoms with E-state index in [-0.39, 0.29) is 11.1 Å². The molecule has 7 heteroatoms. The molecule has 2 aromatic rings. The Labute approximate surface area is 118 Å². The number of carbonyl (C=O) groups is 2. The van der Waals surface area contributed by atoms with Crippen LogP contribution in [0.4, 0.5) is 5.69 Å². The van der Waals surface area contributed by atoms with E-state index in [0.29, 0.717) is 17.4 Å². The van der Waals surface area contributed by atoms with E-state index in [4.69, 9.17) is 10.3 Å². The number of phenolic OH excluding ortho intramolecular Hbond substituents is 1. The Morgan fingerprint density at radius 2 is 1.71 bits per heavy atom. The van der Waals surface area contributed by atoms with Crippen molar-refractivity contribution in [3.63, 3.8) is 0 Å². The van der Waals surface area contributed by atoms with Gasteiger partial charge in [-0.05, 0) is 29.3 Å². The topological polar surface area (TPSA) is 115 Å². The summed E-state index contributed by atoms with van der Waals surface area (Å²) >= 11 is 0.